The monoisotopic (exact) mass is 403 g/mol. The molecule has 5 rings (SSSR count). The molecular weight excluding hydrogens is 378 g/mol. The molecular formula is C21H25NO5S. The minimum atomic E-state index is -0.921. The highest BCUT2D eigenvalue weighted by Crippen LogP contribution is 2.46. The van der Waals surface area contributed by atoms with Gasteiger partial charge in [-0.2, -0.15) is 0 Å². The Balaban J connectivity index is 1.60. The Morgan fingerprint density at radius 1 is 1.18 bits per heavy atom. The Morgan fingerprint density at radius 3 is 2.54 bits per heavy atom. The normalized spacial score (nSPS) is 27.5. The van der Waals surface area contributed by atoms with Gasteiger partial charge in [0.05, 0.1) is 24.0 Å². The predicted octanol–water partition coefficient (Wildman–Crippen LogP) is 3.66. The topological polar surface area (TPSA) is 92.7 Å². The molecule has 1 aromatic heterocycles. The lowest BCUT2D eigenvalue weighted by molar-refractivity contribution is -0.151. The molecule has 4 aliphatic rings. The number of aliphatic carboxylic acids is 1. The van der Waals surface area contributed by atoms with Gasteiger partial charge in [-0.15, -0.1) is 11.3 Å². The molecule has 6 nitrogen and oxygen atoms in total. The number of carboxylic acids is 1. The average Bonchev–Trinajstić information content (AvgIpc) is 3.26. The van der Waals surface area contributed by atoms with Crippen molar-refractivity contribution in [3.05, 3.63) is 28.2 Å². The van der Waals surface area contributed by atoms with Gasteiger partial charge in [-0.3, -0.25) is 9.59 Å². The van der Waals surface area contributed by atoms with Crippen LogP contribution in [0.5, 0.6) is 0 Å². The van der Waals surface area contributed by atoms with Gasteiger partial charge in [0, 0.05) is 4.88 Å². The summed E-state index contributed by atoms with van der Waals surface area (Å²) < 4.78 is 5.35. The van der Waals surface area contributed by atoms with E-state index in [2.05, 4.69) is 5.32 Å². The third-order valence-electron chi connectivity index (χ3n) is 6.14. The number of ether oxygens (including phenoxy) is 1. The summed E-state index contributed by atoms with van der Waals surface area (Å²) in [5, 5.41) is 13.1. The molecule has 2 N–H and O–H groups in total. The molecule has 4 atom stereocenters. The van der Waals surface area contributed by atoms with Gasteiger partial charge < -0.3 is 15.2 Å². The third-order valence-corrected chi connectivity index (χ3v) is 7.34. The van der Waals surface area contributed by atoms with Crippen LogP contribution in [0.2, 0.25) is 0 Å². The molecule has 28 heavy (non-hydrogen) atoms. The number of hydrogen-bond acceptors (Lipinski definition) is 5. The summed E-state index contributed by atoms with van der Waals surface area (Å²) >= 11 is 1.43. The van der Waals surface area contributed by atoms with Gasteiger partial charge in [0.25, 0.3) is 0 Å². The molecule has 0 unspecified atom stereocenters. The van der Waals surface area contributed by atoms with Gasteiger partial charge in [-0.05, 0) is 55.9 Å². The minimum Gasteiger partial charge on any atom is -0.481 e. The fraction of sp³-hybridized carbons (Fsp3) is 0.571. The van der Waals surface area contributed by atoms with E-state index in [1.54, 1.807) is 0 Å². The van der Waals surface area contributed by atoms with E-state index in [9.17, 15) is 19.5 Å². The highest BCUT2D eigenvalue weighted by Gasteiger charge is 2.48. The molecule has 1 heterocycles. The largest absolute Gasteiger partial charge is 0.481 e. The Kier molecular flexibility index (Phi) is 5.27. The Morgan fingerprint density at radius 2 is 1.89 bits per heavy atom. The van der Waals surface area contributed by atoms with Crippen molar-refractivity contribution in [2.45, 2.75) is 45.4 Å². The zero-order valence-electron chi connectivity index (χ0n) is 15.9. The van der Waals surface area contributed by atoms with Crippen LogP contribution in [0.3, 0.4) is 0 Å². The van der Waals surface area contributed by atoms with E-state index in [1.165, 1.54) is 11.3 Å². The summed E-state index contributed by atoms with van der Waals surface area (Å²) in [6.45, 7) is 2.28. The van der Waals surface area contributed by atoms with Gasteiger partial charge in [0.1, 0.15) is 5.00 Å². The lowest BCUT2D eigenvalue weighted by atomic mass is 9.62. The maximum atomic E-state index is 13.1. The van der Waals surface area contributed by atoms with Crippen molar-refractivity contribution in [3.63, 3.8) is 0 Å². The van der Waals surface area contributed by atoms with Crippen molar-refractivity contribution in [1.29, 1.82) is 0 Å². The Labute approximate surface area is 168 Å². The summed E-state index contributed by atoms with van der Waals surface area (Å²) in [5.41, 5.74) is 1.46. The summed E-state index contributed by atoms with van der Waals surface area (Å²) in [6, 6.07) is 0. The van der Waals surface area contributed by atoms with Gasteiger partial charge in [-0.25, -0.2) is 4.79 Å². The van der Waals surface area contributed by atoms with Crippen molar-refractivity contribution >= 4 is 34.2 Å². The van der Waals surface area contributed by atoms with Gasteiger partial charge in [0.2, 0.25) is 5.91 Å². The van der Waals surface area contributed by atoms with Crippen LogP contribution in [0.1, 0.15) is 53.4 Å². The number of allylic oxidation sites excluding steroid dienone is 2. The predicted molar refractivity (Wildman–Crippen MR) is 106 cm³/mol. The number of carboxylic acid groups (broad SMARTS) is 1. The molecule has 1 fully saturated rings. The Bertz CT molecular complexity index is 842. The first-order valence-corrected chi connectivity index (χ1v) is 10.9. The van der Waals surface area contributed by atoms with Gasteiger partial charge in [-0.1, -0.05) is 19.1 Å². The number of fused-ring (bicyclic) bond motifs is 3. The van der Waals surface area contributed by atoms with Crippen molar-refractivity contribution in [2.24, 2.45) is 23.7 Å². The first-order chi connectivity index (χ1) is 13.5. The zero-order chi connectivity index (χ0) is 19.8. The zero-order valence-corrected chi connectivity index (χ0v) is 16.7. The average molecular weight is 404 g/mol. The van der Waals surface area contributed by atoms with Crippen LogP contribution in [-0.2, 0) is 27.2 Å². The number of aryl methyl sites for hydroxylation is 1. The van der Waals surface area contributed by atoms with E-state index in [1.807, 2.05) is 19.1 Å². The second-order valence-corrected chi connectivity index (χ2v) is 8.97. The maximum Gasteiger partial charge on any atom is 0.341 e. The molecule has 0 spiro atoms. The van der Waals surface area contributed by atoms with Crippen LogP contribution in [0.25, 0.3) is 0 Å². The van der Waals surface area contributed by atoms with Crippen LogP contribution in [-0.4, -0.2) is 29.6 Å². The number of amides is 1. The number of carbonyl (C=O) groups excluding carboxylic acids is 2. The van der Waals surface area contributed by atoms with Crippen molar-refractivity contribution < 1.29 is 24.2 Å². The van der Waals surface area contributed by atoms with E-state index in [4.69, 9.17) is 4.74 Å². The van der Waals surface area contributed by atoms with Crippen LogP contribution in [0.4, 0.5) is 5.00 Å². The molecule has 2 bridgehead atoms. The standard InChI is InChI=1S/C21H25NO5S/c1-2-10-27-21(26)17-13-4-3-5-14(13)28-19(17)22-18(23)15-11-6-8-12(9-7-11)16(15)20(24)25/h6,8,11-12,15-16H,2-5,7,9-10H2,1H3,(H,22,23)(H,24,25)/t11-,12-,15+,16+/m0/s1. The first-order valence-electron chi connectivity index (χ1n) is 10.0. The second-order valence-electron chi connectivity index (χ2n) is 7.87. The number of hydrogen-bond donors (Lipinski definition) is 2. The number of anilines is 1. The first kappa shape index (κ1) is 19.2. The number of nitrogens with one attached hydrogen (secondary N) is 1. The van der Waals surface area contributed by atoms with E-state index in [-0.39, 0.29) is 17.7 Å². The third kappa shape index (κ3) is 3.26. The molecule has 0 saturated heterocycles. The molecule has 4 aliphatic carbocycles. The van der Waals surface area contributed by atoms with E-state index in [0.29, 0.717) is 17.2 Å². The fourth-order valence-corrected chi connectivity index (χ4v) is 6.14. The maximum absolute atomic E-state index is 13.1. The highest BCUT2D eigenvalue weighted by atomic mass is 32.1. The summed E-state index contributed by atoms with van der Waals surface area (Å²) in [7, 11) is 0. The fourth-order valence-electron chi connectivity index (χ4n) is 4.86. The van der Waals surface area contributed by atoms with Crippen molar-refractivity contribution in [3.8, 4) is 0 Å². The summed E-state index contributed by atoms with van der Waals surface area (Å²) in [5.74, 6) is -3.07. The number of carbonyl (C=O) groups is 3. The van der Waals surface area contributed by atoms with Crippen molar-refractivity contribution in [2.75, 3.05) is 11.9 Å². The van der Waals surface area contributed by atoms with Gasteiger partial charge >= 0.3 is 11.9 Å². The van der Waals surface area contributed by atoms with Crippen LogP contribution in [0, 0.1) is 23.7 Å². The number of esters is 1. The SMILES string of the molecule is CCCOC(=O)c1c(NC(=O)[C@H]2[C@H](C(=O)O)[C@H]3C=C[C@H]2CC3)sc2c1CCC2. The quantitative estimate of drug-likeness (QED) is 0.559. The van der Waals surface area contributed by atoms with E-state index in [0.717, 1.165) is 49.0 Å². The number of rotatable bonds is 6. The summed E-state index contributed by atoms with van der Waals surface area (Å²) in [4.78, 5) is 38.7. The van der Waals surface area contributed by atoms with E-state index >= 15 is 0 Å². The van der Waals surface area contributed by atoms with Crippen LogP contribution in [0.15, 0.2) is 12.2 Å². The highest BCUT2D eigenvalue weighted by molar-refractivity contribution is 7.17. The Hall–Kier alpha value is -2.15. The second kappa shape index (κ2) is 7.70. The number of thiophene rings is 1. The van der Waals surface area contributed by atoms with E-state index < -0.39 is 23.8 Å². The molecule has 0 aliphatic heterocycles. The summed E-state index contributed by atoms with van der Waals surface area (Å²) in [6.07, 6.45) is 9.02. The molecule has 0 radical (unpaired) electrons. The van der Waals surface area contributed by atoms with Crippen LogP contribution < -0.4 is 5.32 Å². The van der Waals surface area contributed by atoms with Crippen LogP contribution >= 0.6 is 11.3 Å². The minimum absolute atomic E-state index is 0.0617. The molecule has 1 amide bonds. The molecule has 0 aromatic carbocycles. The lowest BCUT2D eigenvalue weighted by Crippen LogP contribution is -2.47. The smallest absolute Gasteiger partial charge is 0.341 e. The lowest BCUT2D eigenvalue weighted by Gasteiger charge is -2.41. The van der Waals surface area contributed by atoms with Gasteiger partial charge in [0.15, 0.2) is 0 Å². The molecule has 150 valence electrons. The molecule has 7 heteroatoms. The molecule has 1 aromatic rings. The molecule has 1 saturated carbocycles. The van der Waals surface area contributed by atoms with Crippen molar-refractivity contribution in [1.82, 2.24) is 0 Å².